The molecule has 7 heterocycles. The lowest BCUT2D eigenvalue weighted by atomic mass is 9.93. The Morgan fingerprint density at radius 2 is 1.69 bits per heavy atom. The maximum atomic E-state index is 15.6. The van der Waals surface area contributed by atoms with Crippen LogP contribution in [0.25, 0.3) is 22.2 Å². The normalized spacial score (nSPS) is 17.4. The van der Waals surface area contributed by atoms with Crippen LogP contribution in [0.1, 0.15) is 73.0 Å². The Kier molecular flexibility index (Phi) is 15.2. The molecule has 3 saturated heterocycles. The van der Waals surface area contributed by atoms with Gasteiger partial charge in [0.1, 0.15) is 23.0 Å². The van der Waals surface area contributed by atoms with Crippen LogP contribution in [0.4, 0.5) is 20.3 Å². The zero-order chi connectivity index (χ0) is 47.8. The van der Waals surface area contributed by atoms with E-state index in [4.69, 9.17) is 19.6 Å². The van der Waals surface area contributed by atoms with Gasteiger partial charge in [-0.3, -0.25) is 43.9 Å². The van der Waals surface area contributed by atoms with Crippen LogP contribution in [-0.2, 0) is 29.4 Å². The number of anilines is 2. The molecule has 0 radical (unpaired) electrons. The number of ether oxygens (including phenoxy) is 1. The van der Waals surface area contributed by atoms with Crippen molar-refractivity contribution in [3.05, 3.63) is 95.7 Å². The average molecular weight is 945 g/mol. The monoisotopic (exact) mass is 944 g/mol. The number of carboxylic acid groups (broad SMARTS) is 1. The van der Waals surface area contributed by atoms with Gasteiger partial charge in [-0.1, -0.05) is 6.92 Å². The minimum absolute atomic E-state index is 0.00278. The van der Waals surface area contributed by atoms with E-state index in [9.17, 15) is 27.6 Å². The quantitative estimate of drug-likeness (QED) is 0.0601. The van der Waals surface area contributed by atoms with Gasteiger partial charge in [0.25, 0.3) is 12.4 Å². The smallest absolute Gasteiger partial charge is 0.301 e. The summed E-state index contributed by atoms with van der Waals surface area (Å²) in [6, 6.07) is 11.0. The molecule has 3 aliphatic heterocycles. The van der Waals surface area contributed by atoms with Gasteiger partial charge in [-0.25, -0.2) is 18.7 Å². The van der Waals surface area contributed by atoms with Crippen LogP contribution in [-0.4, -0.2) is 131 Å². The maximum absolute atomic E-state index is 15.6. The first-order chi connectivity index (χ1) is 32.2. The second-order valence-corrected chi connectivity index (χ2v) is 18.1. The van der Waals surface area contributed by atoms with Crippen LogP contribution in [0.15, 0.2) is 67.3 Å². The number of ketones is 1. The summed E-state index contributed by atoms with van der Waals surface area (Å²) < 4.78 is 64.5. The van der Waals surface area contributed by atoms with Gasteiger partial charge in [-0.05, 0) is 81.2 Å². The number of carbonyl (C=O) groups excluding carboxylic acids is 4. The number of benzene rings is 1. The van der Waals surface area contributed by atoms with Crippen LogP contribution < -0.4 is 25.0 Å². The van der Waals surface area contributed by atoms with E-state index in [0.29, 0.717) is 54.0 Å². The number of likely N-dealkylation sites (tertiary alicyclic amines) is 1. The summed E-state index contributed by atoms with van der Waals surface area (Å²) in [5.74, 6) is -2.70. The Balaban J connectivity index is 0.00000216. The summed E-state index contributed by atoms with van der Waals surface area (Å²) in [6.45, 7) is 4.69. The van der Waals surface area contributed by atoms with Gasteiger partial charge in [-0.15, -0.1) is 0 Å². The summed E-state index contributed by atoms with van der Waals surface area (Å²) >= 11 is 0. The number of carbonyl (C=O) groups is 5. The molecule has 67 heavy (non-hydrogen) atoms. The van der Waals surface area contributed by atoms with Gasteiger partial charge in [0.2, 0.25) is 17.6 Å². The number of H-pyrrole nitrogens is 1. The summed E-state index contributed by atoms with van der Waals surface area (Å²) in [7, 11) is -2.85. The average Bonchev–Trinajstić information content (AvgIpc) is 3.75. The van der Waals surface area contributed by atoms with Gasteiger partial charge in [0.15, 0.2) is 11.9 Å². The van der Waals surface area contributed by atoms with Crippen LogP contribution in [0.2, 0.25) is 0 Å². The number of nitrogens with one attached hydrogen (secondary N) is 4. The lowest BCUT2D eigenvalue weighted by Crippen LogP contribution is -2.48. The molecule has 0 spiro atoms. The molecule has 5 N–H and O–H groups in total. The molecule has 3 aliphatic rings. The van der Waals surface area contributed by atoms with Gasteiger partial charge in [-0.2, -0.15) is 12.7 Å². The van der Waals surface area contributed by atoms with Crippen LogP contribution in [0.3, 0.4) is 0 Å². The van der Waals surface area contributed by atoms with Crippen molar-refractivity contribution < 1.29 is 51.0 Å². The number of fused-ring (bicyclic) bond motifs is 1. The Hall–Kier alpha value is -6.91. The number of nitrogens with zero attached hydrogens (tertiary/aromatic N) is 6. The number of pyridine rings is 3. The Morgan fingerprint density at radius 1 is 0.955 bits per heavy atom. The van der Waals surface area contributed by atoms with E-state index in [1.807, 2.05) is 18.2 Å². The molecule has 354 valence electrons. The third-order valence-corrected chi connectivity index (χ3v) is 13.6. The molecule has 0 aliphatic carbocycles. The summed E-state index contributed by atoms with van der Waals surface area (Å²) in [5, 5.41) is 12.7. The van der Waals surface area contributed by atoms with Gasteiger partial charge in [0, 0.05) is 97.8 Å². The highest BCUT2D eigenvalue weighted by molar-refractivity contribution is 7.90. The number of halogens is 2. The Labute approximate surface area is 384 Å². The topological polar surface area (TPSA) is 249 Å². The molecule has 19 nitrogen and oxygen atoms in total. The highest BCUT2D eigenvalue weighted by Crippen LogP contribution is 2.32. The number of aromatic nitrogens is 4. The lowest BCUT2D eigenvalue weighted by molar-refractivity contribution is -0.139. The largest absolute Gasteiger partial charge is 0.483 e. The van der Waals surface area contributed by atoms with Gasteiger partial charge >= 0.3 is 10.2 Å². The van der Waals surface area contributed by atoms with E-state index >= 15 is 8.78 Å². The van der Waals surface area contributed by atoms with Crippen molar-refractivity contribution in [3.8, 4) is 16.9 Å². The second-order valence-electron chi connectivity index (χ2n) is 16.3. The molecule has 0 bridgehead atoms. The number of piperidine rings is 3. The third kappa shape index (κ3) is 11.4. The van der Waals surface area contributed by atoms with Crippen molar-refractivity contribution in [2.75, 3.05) is 55.9 Å². The fourth-order valence-corrected chi connectivity index (χ4v) is 9.15. The van der Waals surface area contributed by atoms with Crippen LogP contribution in [0, 0.1) is 11.6 Å². The number of aromatic amines is 1. The van der Waals surface area contributed by atoms with Gasteiger partial charge < -0.3 is 25.0 Å². The Morgan fingerprint density at radius 3 is 2.34 bits per heavy atom. The van der Waals surface area contributed by atoms with E-state index < -0.39 is 50.9 Å². The standard InChI is InChI=1S/C44H48F2N10O7S.CH2O2/c1-3-54(2)64(61,62)53-35-8-6-33(45)40(41(35)46)42(59)32-24-50-43-31(32)20-28(22-49-43)27-4-10-37(48-21-27)56-18-14-29(15-19-56)51-39(58)25-55-16-12-26(13-17-55)34-7-5-30(23-47-34)63-36-9-11-38(57)52-44(36)60;2-1-3/h4-8,10,20-24,26,29,36,53H,3,9,11-19,25H2,1-2H3,(H,49,50)(H,51,58)(H,52,57,60);1H,(H,2,3). The molecule has 1 atom stereocenters. The van der Waals surface area contributed by atoms with Gasteiger partial charge in [0.05, 0.1) is 24.0 Å². The zero-order valence-corrected chi connectivity index (χ0v) is 37.5. The number of amides is 3. The number of imide groups is 1. The van der Waals surface area contributed by atoms with E-state index in [1.165, 1.54) is 13.2 Å². The van der Waals surface area contributed by atoms with E-state index in [-0.39, 0.29) is 48.8 Å². The molecular weight excluding hydrogens is 895 g/mol. The zero-order valence-electron chi connectivity index (χ0n) is 36.7. The predicted molar refractivity (Wildman–Crippen MR) is 241 cm³/mol. The lowest BCUT2D eigenvalue weighted by Gasteiger charge is -2.34. The van der Waals surface area contributed by atoms with E-state index in [1.54, 1.807) is 37.6 Å². The summed E-state index contributed by atoms with van der Waals surface area (Å²) in [5.41, 5.74) is 1.05. The Bertz CT molecular complexity index is 2730. The van der Waals surface area contributed by atoms with Crippen LogP contribution in [0.5, 0.6) is 5.75 Å². The van der Waals surface area contributed by atoms with Crippen molar-refractivity contribution in [3.63, 3.8) is 0 Å². The SMILES string of the molecule is CCN(C)S(=O)(=O)Nc1ccc(F)c(C(=O)c2c[nH]c3ncc(-c4ccc(N5CCC(NC(=O)CN6CCC(c7ccc(OC8CCC(=O)NC8=O)cn7)CC6)CC5)nc4)cc23)c1F.O=CO. The summed E-state index contributed by atoms with van der Waals surface area (Å²) in [4.78, 5) is 79.4. The first-order valence-electron chi connectivity index (χ1n) is 21.7. The number of rotatable bonds is 14. The first-order valence-corrected chi connectivity index (χ1v) is 23.1. The molecule has 4 aromatic heterocycles. The minimum Gasteiger partial charge on any atom is -0.483 e. The fourth-order valence-electron chi connectivity index (χ4n) is 8.22. The predicted octanol–water partition coefficient (Wildman–Crippen LogP) is 3.99. The molecule has 0 saturated carbocycles. The highest BCUT2D eigenvalue weighted by atomic mass is 32.2. The van der Waals surface area contributed by atoms with Crippen molar-refractivity contribution in [2.24, 2.45) is 0 Å². The van der Waals surface area contributed by atoms with Crippen molar-refractivity contribution in [1.82, 2.24) is 39.8 Å². The minimum atomic E-state index is -4.15. The molecular formula is C45H50F2N10O9S. The fraction of sp³-hybridized carbons (Fsp3) is 0.378. The highest BCUT2D eigenvalue weighted by Gasteiger charge is 2.30. The molecule has 8 rings (SSSR count). The number of hydrogen-bond acceptors (Lipinski definition) is 13. The molecule has 1 aromatic carbocycles. The molecule has 3 amide bonds. The molecule has 22 heteroatoms. The number of hydrogen-bond donors (Lipinski definition) is 5. The van der Waals surface area contributed by atoms with Crippen LogP contribution >= 0.6 is 0 Å². The second kappa shape index (κ2) is 21.2. The third-order valence-electron chi connectivity index (χ3n) is 12.1. The van der Waals surface area contributed by atoms with E-state index in [2.05, 4.69) is 40.1 Å². The van der Waals surface area contributed by atoms with Crippen molar-refractivity contribution >= 4 is 62.7 Å². The summed E-state index contributed by atoms with van der Waals surface area (Å²) in [6.07, 6.45) is 9.31. The first kappa shape index (κ1) is 48.0. The molecule has 5 aromatic rings. The molecule has 1 unspecified atom stereocenters. The van der Waals surface area contributed by atoms with E-state index in [0.717, 1.165) is 66.7 Å². The van der Waals surface area contributed by atoms with Crippen molar-refractivity contribution in [2.45, 2.75) is 63.5 Å². The maximum Gasteiger partial charge on any atom is 0.301 e. The van der Waals surface area contributed by atoms with Crippen molar-refractivity contribution in [1.29, 1.82) is 0 Å². The molecule has 3 fully saturated rings.